The first kappa shape index (κ1) is 29.6. The second-order valence-electron chi connectivity index (χ2n) is 11.1. The second-order valence-corrected chi connectivity index (χ2v) is 12.2. The van der Waals surface area contributed by atoms with E-state index in [-0.39, 0.29) is 24.6 Å². The molecule has 0 radical (unpaired) electrons. The van der Waals surface area contributed by atoms with Crippen molar-refractivity contribution in [2.75, 3.05) is 44.6 Å². The van der Waals surface area contributed by atoms with Crippen molar-refractivity contribution in [1.29, 1.82) is 0 Å². The molecular formula is C34H38N4O5S. The Hall–Kier alpha value is -4.44. The smallest absolute Gasteiger partial charge is 0.325 e. The number of aryl methyl sites for hydroxylation is 1. The third kappa shape index (κ3) is 5.61. The number of thiophene rings is 1. The van der Waals surface area contributed by atoms with Gasteiger partial charge in [0.1, 0.15) is 11.5 Å². The Labute approximate surface area is 261 Å². The van der Waals surface area contributed by atoms with Crippen LogP contribution in [0.15, 0.2) is 60.8 Å². The van der Waals surface area contributed by atoms with Gasteiger partial charge in [0.2, 0.25) is 0 Å². The minimum Gasteiger partial charge on any atom is -0.493 e. The molecule has 230 valence electrons. The van der Waals surface area contributed by atoms with E-state index >= 15 is 0 Å². The number of nitrogens with zero attached hydrogens (tertiary/aromatic N) is 3. The normalized spacial score (nSPS) is 15.4. The number of likely N-dealkylation sites (N-methyl/N-ethyl adjacent to an activating group) is 1. The lowest BCUT2D eigenvalue weighted by Crippen LogP contribution is -2.38. The van der Waals surface area contributed by atoms with Gasteiger partial charge in [0.05, 0.1) is 39.1 Å². The number of esters is 1. The van der Waals surface area contributed by atoms with E-state index in [1.54, 1.807) is 33.3 Å². The zero-order valence-electron chi connectivity index (χ0n) is 25.6. The summed E-state index contributed by atoms with van der Waals surface area (Å²) in [7, 11) is 5.04. The zero-order chi connectivity index (χ0) is 30.8. The molecule has 0 saturated heterocycles. The molecular weight excluding hydrogens is 576 g/mol. The van der Waals surface area contributed by atoms with Crippen LogP contribution in [0.1, 0.15) is 53.1 Å². The summed E-state index contributed by atoms with van der Waals surface area (Å²) in [5.41, 5.74) is 6.14. The van der Waals surface area contributed by atoms with Crippen molar-refractivity contribution in [3.05, 3.63) is 88.1 Å². The first-order valence-electron chi connectivity index (χ1n) is 15.0. The fourth-order valence-corrected chi connectivity index (χ4v) is 7.65. The number of benzene rings is 2. The Bertz CT molecular complexity index is 1660. The van der Waals surface area contributed by atoms with Crippen LogP contribution in [0.2, 0.25) is 0 Å². The summed E-state index contributed by atoms with van der Waals surface area (Å²) in [6.07, 6.45) is 6.60. The molecule has 44 heavy (non-hydrogen) atoms. The number of carbonyl (C=O) groups is 2. The maximum Gasteiger partial charge on any atom is 0.325 e. The number of urea groups is 1. The lowest BCUT2D eigenvalue weighted by Gasteiger charge is -2.32. The van der Waals surface area contributed by atoms with Gasteiger partial charge >= 0.3 is 12.0 Å². The number of fused-ring (bicyclic) bond motifs is 5. The van der Waals surface area contributed by atoms with Crippen molar-refractivity contribution in [3.63, 3.8) is 0 Å². The number of aromatic nitrogens is 1. The fourth-order valence-electron chi connectivity index (χ4n) is 6.25. The summed E-state index contributed by atoms with van der Waals surface area (Å²) in [4.78, 5) is 31.6. The van der Waals surface area contributed by atoms with Gasteiger partial charge in [-0.1, -0.05) is 12.1 Å². The van der Waals surface area contributed by atoms with Crippen LogP contribution in [0.5, 0.6) is 11.5 Å². The molecule has 4 aromatic rings. The SMILES string of the molecule is CCOC(=O)CN(C)c1ccc(C2c3cccn3-c3sc4c(c3CN2C(=O)Nc2ccc(OC)c(OC)c2)CCCC4)cc1. The van der Waals surface area contributed by atoms with Gasteiger partial charge in [-0.05, 0) is 80.1 Å². The van der Waals surface area contributed by atoms with E-state index in [0.717, 1.165) is 36.2 Å². The van der Waals surface area contributed by atoms with Crippen LogP contribution in [-0.4, -0.2) is 55.9 Å². The number of anilines is 2. The molecule has 0 bridgehead atoms. The predicted octanol–water partition coefficient (Wildman–Crippen LogP) is 6.57. The molecule has 10 heteroatoms. The standard InChI is InChI=1S/C34H38N4O5S/c1-5-43-31(39)21-36(2)24-15-12-22(13-16-24)32-27-10-8-18-37(27)33-26(25-9-6-7-11-30(25)44-33)20-38(32)34(40)35-23-14-17-28(41-3)29(19-23)42-4/h8,10,12-19,32H,5-7,9,11,20-21H2,1-4H3,(H,35,40). The van der Waals surface area contributed by atoms with E-state index in [2.05, 4.69) is 28.2 Å². The van der Waals surface area contributed by atoms with E-state index in [0.29, 0.717) is 30.3 Å². The van der Waals surface area contributed by atoms with E-state index < -0.39 is 0 Å². The van der Waals surface area contributed by atoms with Crippen LogP contribution >= 0.6 is 11.3 Å². The summed E-state index contributed by atoms with van der Waals surface area (Å²) in [5.74, 6) is 0.870. The maximum atomic E-state index is 14.3. The highest BCUT2D eigenvalue weighted by molar-refractivity contribution is 7.15. The van der Waals surface area contributed by atoms with Crippen molar-refractivity contribution in [3.8, 4) is 16.5 Å². The summed E-state index contributed by atoms with van der Waals surface area (Å²) in [5, 5.41) is 4.34. The third-order valence-corrected chi connectivity index (χ3v) is 9.73. The molecule has 0 spiro atoms. The van der Waals surface area contributed by atoms with E-state index in [4.69, 9.17) is 14.2 Å². The fraction of sp³-hybridized carbons (Fsp3) is 0.353. The molecule has 0 fully saturated rings. The molecule has 1 aliphatic heterocycles. The topological polar surface area (TPSA) is 85.3 Å². The minimum atomic E-state index is -0.353. The number of methoxy groups -OCH3 is 2. The number of hydrogen-bond donors (Lipinski definition) is 1. The number of hydrogen-bond acceptors (Lipinski definition) is 7. The van der Waals surface area contributed by atoms with Crippen LogP contribution in [0.4, 0.5) is 16.2 Å². The molecule has 6 rings (SSSR count). The molecule has 2 aliphatic rings. The quantitative estimate of drug-likeness (QED) is 0.226. The molecule has 1 atom stereocenters. The van der Waals surface area contributed by atoms with Gasteiger partial charge in [-0.3, -0.25) is 4.79 Å². The molecule has 1 aliphatic carbocycles. The van der Waals surface area contributed by atoms with Crippen LogP contribution in [0.3, 0.4) is 0 Å². The van der Waals surface area contributed by atoms with Gasteiger partial charge in [-0.25, -0.2) is 4.79 Å². The summed E-state index contributed by atoms with van der Waals surface area (Å²) in [6.45, 7) is 2.79. The van der Waals surface area contributed by atoms with Crippen molar-refractivity contribution in [1.82, 2.24) is 9.47 Å². The Morgan fingerprint density at radius 2 is 1.77 bits per heavy atom. The molecule has 2 aromatic carbocycles. The molecule has 9 nitrogen and oxygen atoms in total. The van der Waals surface area contributed by atoms with Crippen LogP contribution in [0.25, 0.3) is 5.00 Å². The third-order valence-electron chi connectivity index (χ3n) is 8.40. The lowest BCUT2D eigenvalue weighted by atomic mass is 9.95. The van der Waals surface area contributed by atoms with E-state index in [9.17, 15) is 9.59 Å². The van der Waals surface area contributed by atoms with Crippen LogP contribution in [-0.2, 0) is 28.9 Å². The highest BCUT2D eigenvalue weighted by atomic mass is 32.1. The number of ether oxygens (including phenoxy) is 3. The molecule has 2 amide bonds. The Kier molecular flexibility index (Phi) is 8.52. The monoisotopic (exact) mass is 614 g/mol. The lowest BCUT2D eigenvalue weighted by molar-refractivity contribution is -0.141. The van der Waals surface area contributed by atoms with E-state index in [1.165, 1.54) is 27.4 Å². The average Bonchev–Trinajstić information content (AvgIpc) is 3.63. The molecule has 1 N–H and O–H groups in total. The van der Waals surface area contributed by atoms with Gasteiger partial charge in [0, 0.05) is 41.1 Å². The van der Waals surface area contributed by atoms with Gasteiger partial charge in [-0.15, -0.1) is 11.3 Å². The summed E-state index contributed by atoms with van der Waals surface area (Å²) < 4.78 is 18.3. The number of nitrogens with one attached hydrogen (secondary N) is 1. The van der Waals surface area contributed by atoms with Gasteiger partial charge in [-0.2, -0.15) is 0 Å². The van der Waals surface area contributed by atoms with Crippen molar-refractivity contribution >= 4 is 34.7 Å². The van der Waals surface area contributed by atoms with Gasteiger partial charge in [0.25, 0.3) is 0 Å². The van der Waals surface area contributed by atoms with Crippen LogP contribution in [0, 0.1) is 0 Å². The highest BCUT2D eigenvalue weighted by Gasteiger charge is 2.36. The average molecular weight is 615 g/mol. The molecule has 2 aromatic heterocycles. The first-order valence-corrected chi connectivity index (χ1v) is 15.8. The first-order chi connectivity index (χ1) is 21.4. The van der Waals surface area contributed by atoms with E-state index in [1.807, 2.05) is 58.5 Å². The van der Waals surface area contributed by atoms with Gasteiger partial charge in [0.15, 0.2) is 11.5 Å². The molecule has 0 saturated carbocycles. The van der Waals surface area contributed by atoms with Crippen molar-refractivity contribution in [2.24, 2.45) is 0 Å². The zero-order valence-corrected chi connectivity index (χ0v) is 26.4. The Morgan fingerprint density at radius 1 is 1.00 bits per heavy atom. The van der Waals surface area contributed by atoms with Gasteiger partial charge < -0.3 is 33.9 Å². The maximum absolute atomic E-state index is 14.3. The molecule has 3 heterocycles. The Balaban J connectivity index is 1.39. The highest BCUT2D eigenvalue weighted by Crippen LogP contribution is 2.44. The van der Waals surface area contributed by atoms with Crippen molar-refractivity contribution < 1.29 is 23.8 Å². The van der Waals surface area contributed by atoms with Crippen LogP contribution < -0.4 is 19.7 Å². The predicted molar refractivity (Wildman–Crippen MR) is 173 cm³/mol. The largest absolute Gasteiger partial charge is 0.493 e. The number of rotatable bonds is 8. The number of amides is 2. The Morgan fingerprint density at radius 3 is 2.52 bits per heavy atom. The van der Waals surface area contributed by atoms with Crippen molar-refractivity contribution in [2.45, 2.75) is 45.2 Å². The second kappa shape index (κ2) is 12.7. The molecule has 1 unspecified atom stereocenters. The number of carbonyl (C=O) groups excluding carboxylic acids is 2. The minimum absolute atomic E-state index is 0.157. The summed E-state index contributed by atoms with van der Waals surface area (Å²) >= 11 is 1.86. The summed E-state index contributed by atoms with van der Waals surface area (Å²) in [6, 6.07) is 17.1.